The molecular formula is C20H23N5O2S. The lowest BCUT2D eigenvalue weighted by molar-refractivity contribution is 0.587. The normalized spacial score (nSPS) is 11.5. The van der Waals surface area contributed by atoms with Crippen molar-refractivity contribution in [3.63, 3.8) is 0 Å². The summed E-state index contributed by atoms with van der Waals surface area (Å²) in [6.07, 6.45) is 0. The van der Waals surface area contributed by atoms with Gasteiger partial charge in [-0.2, -0.15) is 9.61 Å². The van der Waals surface area contributed by atoms with E-state index in [9.17, 15) is 8.42 Å². The summed E-state index contributed by atoms with van der Waals surface area (Å²) >= 11 is 0. The molecule has 0 radical (unpaired) electrons. The summed E-state index contributed by atoms with van der Waals surface area (Å²) in [5.74, 6) is 0.501. The SMILES string of the molecule is CC.CNS(=O)(=O)c1cc(-c2nnc3c4ccccc4c(C)nn23)ccc1C. The lowest BCUT2D eigenvalue weighted by atomic mass is 10.1. The number of rotatable bonds is 3. The molecule has 0 aliphatic heterocycles. The fourth-order valence-corrected chi connectivity index (χ4v) is 4.05. The topological polar surface area (TPSA) is 89.2 Å². The molecule has 2 aromatic heterocycles. The van der Waals surface area contributed by atoms with Crippen LogP contribution in [0, 0.1) is 13.8 Å². The molecule has 0 unspecified atom stereocenters. The van der Waals surface area contributed by atoms with Crippen molar-refractivity contribution >= 4 is 26.4 Å². The van der Waals surface area contributed by atoms with E-state index in [1.54, 1.807) is 23.6 Å². The Morgan fingerprint density at radius 1 is 0.964 bits per heavy atom. The third kappa shape index (κ3) is 3.25. The van der Waals surface area contributed by atoms with Crippen LogP contribution in [-0.4, -0.2) is 35.3 Å². The summed E-state index contributed by atoms with van der Waals surface area (Å²) in [6.45, 7) is 7.68. The number of aryl methyl sites for hydroxylation is 2. The Morgan fingerprint density at radius 3 is 2.32 bits per heavy atom. The molecule has 0 spiro atoms. The van der Waals surface area contributed by atoms with E-state index in [0.717, 1.165) is 16.5 Å². The third-order valence-electron chi connectivity index (χ3n) is 4.45. The van der Waals surface area contributed by atoms with Crippen molar-refractivity contribution < 1.29 is 8.42 Å². The molecular weight excluding hydrogens is 374 g/mol. The maximum Gasteiger partial charge on any atom is 0.240 e. The number of nitrogens with zero attached hydrogens (tertiary/aromatic N) is 4. The third-order valence-corrected chi connectivity index (χ3v) is 6.01. The molecule has 0 aliphatic rings. The van der Waals surface area contributed by atoms with Crippen molar-refractivity contribution in [3.05, 3.63) is 53.7 Å². The lowest BCUT2D eigenvalue weighted by Crippen LogP contribution is -2.19. The minimum atomic E-state index is -3.57. The minimum absolute atomic E-state index is 0.215. The molecule has 7 nitrogen and oxygen atoms in total. The van der Waals surface area contributed by atoms with Gasteiger partial charge >= 0.3 is 0 Å². The van der Waals surface area contributed by atoms with Crippen molar-refractivity contribution in [2.45, 2.75) is 32.6 Å². The number of sulfonamides is 1. The van der Waals surface area contributed by atoms with Crippen LogP contribution < -0.4 is 4.72 Å². The van der Waals surface area contributed by atoms with E-state index in [2.05, 4.69) is 20.0 Å². The largest absolute Gasteiger partial charge is 0.240 e. The van der Waals surface area contributed by atoms with Gasteiger partial charge < -0.3 is 0 Å². The van der Waals surface area contributed by atoms with E-state index < -0.39 is 10.0 Å². The van der Waals surface area contributed by atoms with Crippen LogP contribution in [0.1, 0.15) is 25.1 Å². The Balaban J connectivity index is 0.00000109. The predicted octanol–water partition coefficient (Wildman–Crippen LogP) is 3.50. The molecule has 8 heteroatoms. The summed E-state index contributed by atoms with van der Waals surface area (Å²) in [5, 5.41) is 15.1. The summed E-state index contributed by atoms with van der Waals surface area (Å²) in [5.41, 5.74) is 2.79. The van der Waals surface area contributed by atoms with E-state index in [1.165, 1.54) is 7.05 Å². The van der Waals surface area contributed by atoms with Crippen LogP contribution >= 0.6 is 0 Å². The maximum atomic E-state index is 12.3. The Morgan fingerprint density at radius 2 is 1.64 bits per heavy atom. The zero-order valence-electron chi connectivity index (χ0n) is 16.6. The first kappa shape index (κ1) is 19.9. The first-order valence-corrected chi connectivity index (χ1v) is 10.6. The lowest BCUT2D eigenvalue weighted by Gasteiger charge is -2.09. The van der Waals surface area contributed by atoms with Crippen LogP contribution in [0.4, 0.5) is 0 Å². The van der Waals surface area contributed by atoms with Crippen molar-refractivity contribution in [2.24, 2.45) is 0 Å². The molecule has 0 fully saturated rings. The smallest absolute Gasteiger partial charge is 0.214 e. The maximum absolute atomic E-state index is 12.3. The van der Waals surface area contributed by atoms with Gasteiger partial charge in [0.1, 0.15) is 0 Å². The van der Waals surface area contributed by atoms with Gasteiger partial charge in [0, 0.05) is 16.3 Å². The van der Waals surface area contributed by atoms with Gasteiger partial charge in [-0.3, -0.25) is 0 Å². The van der Waals surface area contributed by atoms with Crippen LogP contribution in [0.25, 0.3) is 27.8 Å². The second-order valence-corrected chi connectivity index (χ2v) is 7.93. The molecule has 4 aromatic rings. The number of hydrogen-bond donors (Lipinski definition) is 1. The summed E-state index contributed by atoms with van der Waals surface area (Å²) in [7, 11) is -2.17. The second-order valence-electron chi connectivity index (χ2n) is 6.08. The summed E-state index contributed by atoms with van der Waals surface area (Å²) < 4.78 is 28.6. The molecule has 4 rings (SSSR count). The Hall–Kier alpha value is -2.84. The van der Waals surface area contributed by atoms with Gasteiger partial charge in [-0.1, -0.05) is 50.2 Å². The summed E-state index contributed by atoms with van der Waals surface area (Å²) in [4.78, 5) is 0.215. The molecule has 0 amide bonds. The Kier molecular flexibility index (Phi) is 5.44. The fraction of sp³-hybridized carbons (Fsp3) is 0.250. The van der Waals surface area contributed by atoms with Crippen molar-refractivity contribution in [1.82, 2.24) is 24.5 Å². The van der Waals surface area contributed by atoms with Gasteiger partial charge in [0.2, 0.25) is 10.0 Å². The Bertz CT molecular complexity index is 1260. The average molecular weight is 398 g/mol. The molecule has 2 heterocycles. The molecule has 1 N–H and O–H groups in total. The number of benzene rings is 2. The zero-order chi connectivity index (χ0) is 20.5. The van der Waals surface area contributed by atoms with Gasteiger partial charge in [-0.25, -0.2) is 13.1 Å². The first-order valence-electron chi connectivity index (χ1n) is 9.07. The van der Waals surface area contributed by atoms with Gasteiger partial charge in [0.25, 0.3) is 0 Å². The van der Waals surface area contributed by atoms with E-state index in [-0.39, 0.29) is 4.90 Å². The molecule has 0 saturated heterocycles. The van der Waals surface area contributed by atoms with Crippen LogP contribution in [0.15, 0.2) is 47.4 Å². The molecule has 0 aliphatic carbocycles. The van der Waals surface area contributed by atoms with Gasteiger partial charge in [0.15, 0.2) is 11.5 Å². The van der Waals surface area contributed by atoms with Crippen LogP contribution in [0.3, 0.4) is 0 Å². The van der Waals surface area contributed by atoms with Gasteiger partial charge in [-0.05, 0) is 32.5 Å². The molecule has 146 valence electrons. The highest BCUT2D eigenvalue weighted by molar-refractivity contribution is 7.89. The first-order chi connectivity index (χ1) is 13.4. The second kappa shape index (κ2) is 7.65. The minimum Gasteiger partial charge on any atom is -0.214 e. The molecule has 28 heavy (non-hydrogen) atoms. The van der Waals surface area contributed by atoms with E-state index in [4.69, 9.17) is 0 Å². The molecule has 0 saturated carbocycles. The van der Waals surface area contributed by atoms with Crippen molar-refractivity contribution in [2.75, 3.05) is 7.05 Å². The highest BCUT2D eigenvalue weighted by Gasteiger charge is 2.19. The number of fused-ring (bicyclic) bond motifs is 3. The van der Waals surface area contributed by atoms with E-state index >= 15 is 0 Å². The van der Waals surface area contributed by atoms with Crippen molar-refractivity contribution in [3.8, 4) is 11.4 Å². The standard InChI is InChI=1S/C18H17N5O2S.C2H6/c1-11-8-9-13(10-16(11)26(24,25)19-3)17-20-21-18-15-7-5-4-6-14(15)12(2)22-23(17)18;1-2/h4-10,19H,1-3H3;1-2H3. The van der Waals surface area contributed by atoms with E-state index in [1.807, 2.05) is 51.1 Å². The van der Waals surface area contributed by atoms with Crippen LogP contribution in [-0.2, 0) is 10.0 Å². The quantitative estimate of drug-likeness (QED) is 0.571. The molecule has 0 atom stereocenters. The highest BCUT2D eigenvalue weighted by atomic mass is 32.2. The summed E-state index contributed by atoms with van der Waals surface area (Å²) in [6, 6.07) is 13.1. The Labute approximate surface area is 164 Å². The zero-order valence-corrected chi connectivity index (χ0v) is 17.4. The van der Waals surface area contributed by atoms with Gasteiger partial charge in [0.05, 0.1) is 10.6 Å². The highest BCUT2D eigenvalue weighted by Crippen LogP contribution is 2.27. The number of hydrogen-bond acceptors (Lipinski definition) is 5. The number of nitrogens with one attached hydrogen (secondary N) is 1. The molecule has 2 aromatic carbocycles. The monoisotopic (exact) mass is 397 g/mol. The van der Waals surface area contributed by atoms with Crippen LogP contribution in [0.2, 0.25) is 0 Å². The average Bonchev–Trinajstić information content (AvgIpc) is 3.14. The van der Waals surface area contributed by atoms with Gasteiger partial charge in [-0.15, -0.1) is 10.2 Å². The predicted molar refractivity (Wildman–Crippen MR) is 111 cm³/mol. The number of aromatic nitrogens is 4. The van der Waals surface area contributed by atoms with Crippen molar-refractivity contribution in [1.29, 1.82) is 0 Å². The van der Waals surface area contributed by atoms with Crippen LogP contribution in [0.5, 0.6) is 0 Å². The fourth-order valence-electron chi connectivity index (χ4n) is 3.06. The molecule has 0 bridgehead atoms. The van der Waals surface area contributed by atoms with E-state index in [0.29, 0.717) is 22.6 Å².